The lowest BCUT2D eigenvalue weighted by Gasteiger charge is -2.57. The van der Waals surface area contributed by atoms with Gasteiger partial charge in [-0.15, -0.1) is 0 Å². The van der Waals surface area contributed by atoms with Gasteiger partial charge in [0.25, 0.3) is 0 Å². The molecule has 0 aromatic heterocycles. The van der Waals surface area contributed by atoms with Crippen molar-refractivity contribution in [3.05, 3.63) is 23.5 Å². The molecule has 0 amide bonds. The van der Waals surface area contributed by atoms with Crippen LogP contribution in [0, 0.1) is 28.6 Å². The van der Waals surface area contributed by atoms with Crippen LogP contribution in [0.25, 0.3) is 0 Å². The summed E-state index contributed by atoms with van der Waals surface area (Å²) in [4.78, 5) is 11.4. The zero-order valence-corrected chi connectivity index (χ0v) is 20.8. The van der Waals surface area contributed by atoms with Gasteiger partial charge in [0.15, 0.2) is 0 Å². The molecule has 0 N–H and O–H groups in total. The maximum Gasteiger partial charge on any atom is 0.534 e. The summed E-state index contributed by atoms with van der Waals surface area (Å²) in [6, 6.07) is 0. The lowest BCUT2D eigenvalue weighted by molar-refractivity contribution is -0.148. The van der Waals surface area contributed by atoms with Gasteiger partial charge in [-0.2, -0.15) is 21.6 Å². The van der Waals surface area contributed by atoms with Gasteiger partial charge in [-0.3, -0.25) is 4.79 Å². The fourth-order valence-corrected chi connectivity index (χ4v) is 7.37. The van der Waals surface area contributed by atoms with E-state index >= 15 is 0 Å². The Bertz CT molecular complexity index is 938. The average molecular weight is 493 g/mol. The Hall–Kier alpha value is -1.51. The molecule has 9 heteroatoms. The Kier molecular flexibility index (Phi) is 7.06. The maximum absolute atomic E-state index is 12.9. The Morgan fingerprint density at radius 2 is 1.67 bits per heavy atom. The molecule has 5 nitrogen and oxygen atoms in total. The van der Waals surface area contributed by atoms with Crippen LogP contribution < -0.4 is 0 Å². The Morgan fingerprint density at radius 1 is 1.03 bits per heavy atom. The van der Waals surface area contributed by atoms with E-state index in [4.69, 9.17) is 4.74 Å². The van der Waals surface area contributed by atoms with Crippen molar-refractivity contribution in [2.24, 2.45) is 28.6 Å². The first kappa shape index (κ1) is 26.1. The number of ether oxygens (including phenoxy) is 1. The van der Waals surface area contributed by atoms with E-state index in [2.05, 4.69) is 17.2 Å². The number of hydrogen-bond donors (Lipinski definition) is 0. The Morgan fingerprint density at radius 3 is 2.27 bits per heavy atom. The summed E-state index contributed by atoms with van der Waals surface area (Å²) in [6.07, 6.45) is 8.84. The molecule has 0 heterocycles. The van der Waals surface area contributed by atoms with Crippen LogP contribution in [0.5, 0.6) is 0 Å². The molecule has 0 aromatic rings. The second-order valence-corrected chi connectivity index (χ2v) is 11.5. The van der Waals surface area contributed by atoms with Crippen LogP contribution in [0.2, 0.25) is 0 Å². The summed E-state index contributed by atoms with van der Waals surface area (Å²) in [5.41, 5.74) is -4.86. The molecule has 6 unspecified atom stereocenters. The van der Waals surface area contributed by atoms with Crippen molar-refractivity contribution in [2.75, 3.05) is 0 Å². The summed E-state index contributed by atoms with van der Waals surface area (Å²) < 4.78 is 71.9. The topological polar surface area (TPSA) is 69.7 Å². The first-order chi connectivity index (χ1) is 15.3. The molecule has 0 bridgehead atoms. The number of carbonyl (C=O) groups is 1. The summed E-state index contributed by atoms with van der Waals surface area (Å²) >= 11 is 0. The van der Waals surface area contributed by atoms with E-state index in [0.29, 0.717) is 18.8 Å². The van der Waals surface area contributed by atoms with Crippen molar-refractivity contribution in [3.8, 4) is 0 Å². The first-order valence-electron chi connectivity index (χ1n) is 11.9. The van der Waals surface area contributed by atoms with Gasteiger partial charge in [-0.05, 0) is 67.8 Å². The van der Waals surface area contributed by atoms with Gasteiger partial charge >= 0.3 is 21.6 Å². The van der Waals surface area contributed by atoms with Crippen molar-refractivity contribution in [2.45, 2.75) is 91.2 Å². The van der Waals surface area contributed by atoms with Crippen molar-refractivity contribution in [3.63, 3.8) is 0 Å². The van der Waals surface area contributed by atoms with Crippen LogP contribution in [0.15, 0.2) is 23.5 Å². The molecule has 2 saturated carbocycles. The van der Waals surface area contributed by atoms with E-state index in [0.717, 1.165) is 32.1 Å². The van der Waals surface area contributed by atoms with Gasteiger partial charge in [0.2, 0.25) is 0 Å². The summed E-state index contributed by atoms with van der Waals surface area (Å²) in [6.45, 7) is 9.53. The number of rotatable bonds is 3. The van der Waals surface area contributed by atoms with Gasteiger partial charge in [0.05, 0.1) is 0 Å². The highest BCUT2D eigenvalue weighted by atomic mass is 32.2. The monoisotopic (exact) mass is 492 g/mol. The molecule has 0 aromatic carbocycles. The van der Waals surface area contributed by atoms with Crippen LogP contribution in [0.4, 0.5) is 13.2 Å². The third kappa shape index (κ3) is 4.46. The highest BCUT2D eigenvalue weighted by molar-refractivity contribution is 7.87. The second kappa shape index (κ2) is 8.93. The van der Waals surface area contributed by atoms with Crippen LogP contribution in [-0.2, 0) is 23.8 Å². The van der Waals surface area contributed by atoms with E-state index in [1.54, 1.807) is 6.08 Å². The number of carbonyl (C=O) groups excluding carboxylic acids is 1. The van der Waals surface area contributed by atoms with Crippen LogP contribution in [-0.4, -0.2) is 26.0 Å². The summed E-state index contributed by atoms with van der Waals surface area (Å²) in [5, 5.41) is 0. The molecule has 0 aliphatic heterocycles. The molecule has 2 fully saturated rings. The van der Waals surface area contributed by atoms with Gasteiger partial charge in [-0.25, -0.2) is 0 Å². The molecule has 6 atom stereocenters. The lowest BCUT2D eigenvalue weighted by atomic mass is 9.48. The molecule has 0 radical (unpaired) electrons. The predicted molar refractivity (Wildman–Crippen MR) is 118 cm³/mol. The van der Waals surface area contributed by atoms with Gasteiger partial charge in [-0.1, -0.05) is 39.3 Å². The van der Waals surface area contributed by atoms with E-state index in [-0.39, 0.29) is 35.1 Å². The molecule has 4 aliphatic carbocycles. The lowest BCUT2D eigenvalue weighted by Crippen LogP contribution is -2.50. The standard InChI is InChI=1S/C22H29F3O5S.C2H6/c1-13(26)29-15-8-10-20(2)14(12-15)4-5-16-17-6-7-19(21(17,3)11-9-18(16)20)30-31(27,28)22(23,24)25;1-2/h4,7,15-18H,5-6,8-12H2,1-3H3;1-2H3. The number of halogens is 3. The van der Waals surface area contributed by atoms with Crippen molar-refractivity contribution < 1.29 is 35.3 Å². The predicted octanol–water partition coefficient (Wildman–Crippen LogP) is 6.27. The minimum atomic E-state index is -5.67. The summed E-state index contributed by atoms with van der Waals surface area (Å²) in [7, 11) is -5.67. The van der Waals surface area contributed by atoms with E-state index in [1.165, 1.54) is 12.5 Å². The number of allylic oxidation sites excluding steroid dienone is 3. The molecule has 0 saturated heterocycles. The quantitative estimate of drug-likeness (QED) is 0.201. The van der Waals surface area contributed by atoms with E-state index in [9.17, 15) is 26.4 Å². The largest absolute Gasteiger partial charge is 0.534 e. The van der Waals surface area contributed by atoms with Crippen molar-refractivity contribution in [1.29, 1.82) is 0 Å². The highest BCUT2D eigenvalue weighted by Crippen LogP contribution is 2.65. The minimum absolute atomic E-state index is 0.0252. The molecule has 188 valence electrons. The highest BCUT2D eigenvalue weighted by Gasteiger charge is 2.59. The fraction of sp³-hybridized carbons (Fsp3) is 0.792. The number of hydrogen-bond acceptors (Lipinski definition) is 5. The van der Waals surface area contributed by atoms with Gasteiger partial charge in [0.1, 0.15) is 11.9 Å². The first-order valence-corrected chi connectivity index (χ1v) is 13.3. The second-order valence-electron chi connectivity index (χ2n) is 9.98. The maximum atomic E-state index is 12.9. The fourth-order valence-electron chi connectivity index (χ4n) is 6.79. The zero-order valence-electron chi connectivity index (χ0n) is 20.0. The SMILES string of the molecule is CC.CC(=O)OC1CCC2(C)C(=CCC3C2CCC2(C)C(OS(=O)(=O)C(F)(F)F)=CCC32)C1. The summed E-state index contributed by atoms with van der Waals surface area (Å²) in [5.74, 6) is 0.353. The molecule has 0 spiro atoms. The normalized spacial score (nSPS) is 37.8. The van der Waals surface area contributed by atoms with E-state index < -0.39 is 21.0 Å². The average Bonchev–Trinajstić information content (AvgIpc) is 3.04. The third-order valence-corrected chi connectivity index (χ3v) is 9.35. The van der Waals surface area contributed by atoms with Crippen molar-refractivity contribution >= 4 is 16.1 Å². The van der Waals surface area contributed by atoms with Crippen molar-refractivity contribution in [1.82, 2.24) is 0 Å². The van der Waals surface area contributed by atoms with Crippen LogP contribution in [0.1, 0.15) is 79.6 Å². The number of fused-ring (bicyclic) bond motifs is 5. The van der Waals surface area contributed by atoms with Crippen LogP contribution in [0.3, 0.4) is 0 Å². The minimum Gasteiger partial charge on any atom is -0.462 e. The molecular formula is C24H35F3O5S. The van der Waals surface area contributed by atoms with Gasteiger partial charge in [0, 0.05) is 18.8 Å². The number of esters is 1. The smallest absolute Gasteiger partial charge is 0.462 e. The van der Waals surface area contributed by atoms with Gasteiger partial charge < -0.3 is 8.92 Å². The van der Waals surface area contributed by atoms with Crippen LogP contribution >= 0.6 is 0 Å². The molecule has 4 rings (SSSR count). The zero-order chi connectivity index (χ0) is 24.8. The Labute approximate surface area is 194 Å². The third-order valence-electron chi connectivity index (χ3n) is 8.38. The number of alkyl halides is 3. The van der Waals surface area contributed by atoms with E-state index in [1.807, 2.05) is 20.8 Å². The Balaban J connectivity index is 0.00000149. The molecule has 4 aliphatic rings. The molecular weight excluding hydrogens is 457 g/mol. The molecule has 33 heavy (non-hydrogen) atoms.